The summed E-state index contributed by atoms with van der Waals surface area (Å²) in [6.07, 6.45) is 6.59. The lowest BCUT2D eigenvalue weighted by Gasteiger charge is -2.36. The van der Waals surface area contributed by atoms with Gasteiger partial charge in [0.15, 0.2) is 0 Å². The topological polar surface area (TPSA) is 52.2 Å². The highest BCUT2D eigenvalue weighted by molar-refractivity contribution is 5.93. The Kier molecular flexibility index (Phi) is 4.36. The van der Waals surface area contributed by atoms with Crippen LogP contribution in [0, 0.1) is 0 Å². The van der Waals surface area contributed by atoms with Crippen LogP contribution in [-0.4, -0.2) is 58.6 Å². The molecule has 1 aliphatic heterocycles. The van der Waals surface area contributed by atoms with Gasteiger partial charge in [-0.2, -0.15) is 5.10 Å². The molecule has 0 aromatic carbocycles. The van der Waals surface area contributed by atoms with Crippen LogP contribution >= 0.6 is 0 Å². The third kappa shape index (κ3) is 2.90. The minimum absolute atomic E-state index is 0.0673. The molecule has 1 amide bonds. The standard InChI is InChI=1S/C13H22N4O/c1-3-6-17-7-4-12(5-8-17)16(2)13(18)11-9-14-15-10-11/h9-10,12H,3-8H2,1-2H3,(H,14,15). The van der Waals surface area contributed by atoms with E-state index in [0.717, 1.165) is 25.9 Å². The maximum Gasteiger partial charge on any atom is 0.257 e. The number of aromatic nitrogens is 2. The van der Waals surface area contributed by atoms with Crippen molar-refractivity contribution in [2.75, 3.05) is 26.7 Å². The number of piperidine rings is 1. The Labute approximate surface area is 108 Å². The molecule has 1 saturated heterocycles. The van der Waals surface area contributed by atoms with Gasteiger partial charge in [0.05, 0.1) is 11.8 Å². The zero-order chi connectivity index (χ0) is 13.0. The van der Waals surface area contributed by atoms with Crippen LogP contribution in [0.5, 0.6) is 0 Å². The number of amides is 1. The molecule has 2 heterocycles. The number of hydrogen-bond donors (Lipinski definition) is 1. The van der Waals surface area contributed by atoms with Gasteiger partial charge >= 0.3 is 0 Å². The summed E-state index contributed by atoms with van der Waals surface area (Å²) in [4.78, 5) is 16.5. The van der Waals surface area contributed by atoms with Crippen molar-refractivity contribution in [2.24, 2.45) is 0 Å². The van der Waals surface area contributed by atoms with Crippen molar-refractivity contribution >= 4 is 5.91 Å². The summed E-state index contributed by atoms with van der Waals surface area (Å²) in [5.41, 5.74) is 0.647. The van der Waals surface area contributed by atoms with Crippen LogP contribution in [0.1, 0.15) is 36.5 Å². The molecule has 1 fully saturated rings. The number of H-pyrrole nitrogens is 1. The molecular weight excluding hydrogens is 228 g/mol. The average Bonchev–Trinajstić information content (AvgIpc) is 2.92. The molecule has 0 aliphatic carbocycles. The molecule has 1 N–H and O–H groups in total. The van der Waals surface area contributed by atoms with Crippen LogP contribution in [0.3, 0.4) is 0 Å². The molecule has 2 rings (SSSR count). The first-order chi connectivity index (χ1) is 8.72. The second kappa shape index (κ2) is 6.00. The molecule has 100 valence electrons. The van der Waals surface area contributed by atoms with E-state index in [1.807, 2.05) is 11.9 Å². The zero-order valence-electron chi connectivity index (χ0n) is 11.2. The molecule has 0 saturated carbocycles. The maximum atomic E-state index is 12.2. The Hall–Kier alpha value is -1.36. The summed E-state index contributed by atoms with van der Waals surface area (Å²) in [5.74, 6) is 0.0673. The summed E-state index contributed by atoms with van der Waals surface area (Å²) in [5, 5.41) is 6.51. The number of hydrogen-bond acceptors (Lipinski definition) is 3. The molecule has 18 heavy (non-hydrogen) atoms. The predicted molar refractivity (Wildman–Crippen MR) is 70.4 cm³/mol. The third-order valence-electron chi connectivity index (χ3n) is 3.71. The van der Waals surface area contributed by atoms with E-state index < -0.39 is 0 Å². The van der Waals surface area contributed by atoms with Crippen molar-refractivity contribution in [2.45, 2.75) is 32.2 Å². The van der Waals surface area contributed by atoms with Gasteiger partial charge < -0.3 is 9.80 Å². The highest BCUT2D eigenvalue weighted by Crippen LogP contribution is 2.17. The summed E-state index contributed by atoms with van der Waals surface area (Å²) in [6, 6.07) is 0.362. The first-order valence-electron chi connectivity index (χ1n) is 6.70. The van der Waals surface area contributed by atoms with Crippen molar-refractivity contribution in [3.8, 4) is 0 Å². The second-order valence-electron chi connectivity index (χ2n) is 4.98. The molecule has 0 atom stereocenters. The average molecular weight is 250 g/mol. The Balaban J connectivity index is 1.87. The van der Waals surface area contributed by atoms with E-state index in [1.165, 1.54) is 13.0 Å². The summed E-state index contributed by atoms with van der Waals surface area (Å²) < 4.78 is 0. The quantitative estimate of drug-likeness (QED) is 0.877. The lowest BCUT2D eigenvalue weighted by Crippen LogP contribution is -2.45. The molecule has 0 bridgehead atoms. The van der Waals surface area contributed by atoms with Crippen LogP contribution in [0.25, 0.3) is 0 Å². The normalized spacial score (nSPS) is 17.9. The van der Waals surface area contributed by atoms with Crippen LogP contribution in [0.2, 0.25) is 0 Å². The Bertz CT molecular complexity index is 368. The largest absolute Gasteiger partial charge is 0.339 e. The lowest BCUT2D eigenvalue weighted by atomic mass is 10.0. The molecule has 1 aromatic heterocycles. The molecule has 5 heteroatoms. The van der Waals surface area contributed by atoms with E-state index >= 15 is 0 Å². The summed E-state index contributed by atoms with van der Waals surface area (Å²) >= 11 is 0. The van der Waals surface area contributed by atoms with E-state index in [9.17, 15) is 4.79 Å². The fourth-order valence-electron chi connectivity index (χ4n) is 2.58. The predicted octanol–water partition coefficient (Wildman–Crippen LogP) is 1.36. The van der Waals surface area contributed by atoms with Crippen molar-refractivity contribution in [3.05, 3.63) is 18.0 Å². The Morgan fingerprint density at radius 1 is 1.56 bits per heavy atom. The van der Waals surface area contributed by atoms with Crippen LogP contribution in [0.15, 0.2) is 12.4 Å². The van der Waals surface area contributed by atoms with Gasteiger partial charge in [0, 0.05) is 32.4 Å². The highest BCUT2D eigenvalue weighted by atomic mass is 16.2. The van der Waals surface area contributed by atoms with E-state index in [0.29, 0.717) is 11.6 Å². The molecule has 1 aromatic rings. The molecule has 5 nitrogen and oxygen atoms in total. The van der Waals surface area contributed by atoms with Gasteiger partial charge in [-0.3, -0.25) is 9.89 Å². The van der Waals surface area contributed by atoms with Crippen molar-refractivity contribution in [1.29, 1.82) is 0 Å². The van der Waals surface area contributed by atoms with E-state index in [-0.39, 0.29) is 5.91 Å². The van der Waals surface area contributed by atoms with E-state index in [4.69, 9.17) is 0 Å². The van der Waals surface area contributed by atoms with Gasteiger partial charge in [0.25, 0.3) is 5.91 Å². The fourth-order valence-corrected chi connectivity index (χ4v) is 2.58. The number of carbonyl (C=O) groups excluding carboxylic acids is 1. The molecular formula is C13H22N4O. The molecule has 1 aliphatic rings. The van der Waals surface area contributed by atoms with E-state index in [2.05, 4.69) is 22.0 Å². The fraction of sp³-hybridized carbons (Fsp3) is 0.692. The molecule has 0 unspecified atom stereocenters. The zero-order valence-corrected chi connectivity index (χ0v) is 11.2. The molecule has 0 radical (unpaired) electrons. The summed E-state index contributed by atoms with van der Waals surface area (Å²) in [7, 11) is 1.90. The third-order valence-corrected chi connectivity index (χ3v) is 3.71. The monoisotopic (exact) mass is 250 g/mol. The van der Waals surface area contributed by atoms with Gasteiger partial charge in [-0.15, -0.1) is 0 Å². The van der Waals surface area contributed by atoms with Gasteiger partial charge in [-0.05, 0) is 25.8 Å². The van der Waals surface area contributed by atoms with Gasteiger partial charge in [-0.25, -0.2) is 0 Å². The summed E-state index contributed by atoms with van der Waals surface area (Å²) in [6.45, 7) is 5.58. The SMILES string of the molecule is CCCN1CCC(N(C)C(=O)c2cn[nH]c2)CC1. The van der Waals surface area contributed by atoms with E-state index in [1.54, 1.807) is 12.4 Å². The first-order valence-corrected chi connectivity index (χ1v) is 6.70. The molecule has 0 spiro atoms. The Morgan fingerprint density at radius 3 is 2.83 bits per heavy atom. The number of nitrogens with one attached hydrogen (secondary N) is 1. The number of nitrogens with zero attached hydrogens (tertiary/aromatic N) is 3. The maximum absolute atomic E-state index is 12.2. The first kappa shape index (κ1) is 13.1. The van der Waals surface area contributed by atoms with Gasteiger partial charge in [0.1, 0.15) is 0 Å². The Morgan fingerprint density at radius 2 is 2.28 bits per heavy atom. The van der Waals surface area contributed by atoms with Crippen molar-refractivity contribution in [1.82, 2.24) is 20.0 Å². The van der Waals surface area contributed by atoms with Crippen molar-refractivity contribution < 1.29 is 4.79 Å². The minimum atomic E-state index is 0.0673. The number of carbonyl (C=O) groups is 1. The van der Waals surface area contributed by atoms with Gasteiger partial charge in [0.2, 0.25) is 0 Å². The smallest absolute Gasteiger partial charge is 0.257 e. The number of aromatic amines is 1. The number of rotatable bonds is 4. The van der Waals surface area contributed by atoms with Crippen LogP contribution in [0.4, 0.5) is 0 Å². The number of likely N-dealkylation sites (tertiary alicyclic amines) is 1. The minimum Gasteiger partial charge on any atom is -0.339 e. The van der Waals surface area contributed by atoms with Gasteiger partial charge in [-0.1, -0.05) is 6.92 Å². The van der Waals surface area contributed by atoms with Crippen LogP contribution < -0.4 is 0 Å². The second-order valence-corrected chi connectivity index (χ2v) is 4.98. The highest BCUT2D eigenvalue weighted by Gasteiger charge is 2.25. The van der Waals surface area contributed by atoms with Crippen molar-refractivity contribution in [3.63, 3.8) is 0 Å². The lowest BCUT2D eigenvalue weighted by molar-refractivity contribution is 0.0643. The van der Waals surface area contributed by atoms with Crippen LogP contribution in [-0.2, 0) is 0 Å².